The third-order valence-electron chi connectivity index (χ3n) is 4.54. The molecule has 6 heteroatoms. The number of carbonyl (C=O) groups is 1. The molecule has 3 N–H and O–H groups in total. The summed E-state index contributed by atoms with van der Waals surface area (Å²) in [4.78, 5) is 16.8. The molecule has 3 rings (SSSR count). The molecule has 1 aliphatic rings. The van der Waals surface area contributed by atoms with Crippen LogP contribution in [0.15, 0.2) is 54.9 Å². The number of hydrogen-bond donors (Lipinski definition) is 2. The van der Waals surface area contributed by atoms with Crippen molar-refractivity contribution in [3.8, 4) is 0 Å². The van der Waals surface area contributed by atoms with E-state index in [0.717, 1.165) is 36.8 Å². The molecule has 0 radical (unpaired) electrons. The van der Waals surface area contributed by atoms with Gasteiger partial charge in [0.15, 0.2) is 0 Å². The molecular weight excluding hydrogens is 357 g/mol. The van der Waals surface area contributed by atoms with E-state index < -0.39 is 0 Å². The minimum Gasteiger partial charge on any atom is -0.345 e. The summed E-state index contributed by atoms with van der Waals surface area (Å²) < 4.78 is 0. The SMILES string of the molecule is Cl.Cl.NC1CCCC(C(=O)NC(c2ccccc2)c2ccncc2)C1. The monoisotopic (exact) mass is 381 g/mol. The summed E-state index contributed by atoms with van der Waals surface area (Å²) in [6, 6.07) is 13.9. The molecule has 1 saturated carbocycles. The molecule has 2 aromatic rings. The van der Waals surface area contributed by atoms with Crippen LogP contribution in [0.3, 0.4) is 0 Å². The molecule has 3 atom stereocenters. The van der Waals surface area contributed by atoms with Gasteiger partial charge in [0.2, 0.25) is 5.91 Å². The number of benzene rings is 1. The van der Waals surface area contributed by atoms with Crippen LogP contribution in [0.5, 0.6) is 0 Å². The maximum Gasteiger partial charge on any atom is 0.223 e. The first kappa shape index (κ1) is 21.4. The van der Waals surface area contributed by atoms with Gasteiger partial charge in [0, 0.05) is 24.4 Å². The van der Waals surface area contributed by atoms with Crippen molar-refractivity contribution >= 4 is 30.7 Å². The molecule has 0 bridgehead atoms. The van der Waals surface area contributed by atoms with Crippen molar-refractivity contribution in [1.82, 2.24) is 10.3 Å². The summed E-state index contributed by atoms with van der Waals surface area (Å²) in [7, 11) is 0. The fourth-order valence-electron chi connectivity index (χ4n) is 3.29. The van der Waals surface area contributed by atoms with Crippen LogP contribution in [0.25, 0.3) is 0 Å². The van der Waals surface area contributed by atoms with Gasteiger partial charge in [0.1, 0.15) is 0 Å². The average molecular weight is 382 g/mol. The van der Waals surface area contributed by atoms with Crippen molar-refractivity contribution in [3.05, 3.63) is 66.0 Å². The topological polar surface area (TPSA) is 68.0 Å². The standard InChI is InChI=1S/C19H23N3O.2ClH/c20-17-8-4-7-16(13-17)19(23)22-18(14-5-2-1-3-6-14)15-9-11-21-12-10-15;;/h1-3,5-6,9-12,16-18H,4,7-8,13,20H2,(H,22,23);2*1H. The Balaban J connectivity index is 0.00000156. The normalized spacial score (nSPS) is 20.5. The average Bonchev–Trinajstić information content (AvgIpc) is 2.61. The molecule has 1 aromatic carbocycles. The third kappa shape index (κ3) is 5.70. The molecule has 1 amide bonds. The number of aromatic nitrogens is 1. The van der Waals surface area contributed by atoms with E-state index in [0.29, 0.717) is 0 Å². The first-order valence-corrected chi connectivity index (χ1v) is 8.25. The summed E-state index contributed by atoms with van der Waals surface area (Å²) in [6.45, 7) is 0. The van der Waals surface area contributed by atoms with E-state index in [1.54, 1.807) is 12.4 Å². The highest BCUT2D eigenvalue weighted by Crippen LogP contribution is 2.26. The molecule has 1 heterocycles. The zero-order chi connectivity index (χ0) is 16.1. The smallest absolute Gasteiger partial charge is 0.223 e. The first-order valence-electron chi connectivity index (χ1n) is 8.25. The molecule has 0 saturated heterocycles. The fraction of sp³-hybridized carbons (Fsp3) is 0.368. The number of nitrogens with two attached hydrogens (primary N) is 1. The maximum absolute atomic E-state index is 12.7. The summed E-state index contributed by atoms with van der Waals surface area (Å²) in [5.74, 6) is 0.123. The van der Waals surface area contributed by atoms with Crippen molar-refractivity contribution in [2.45, 2.75) is 37.8 Å². The van der Waals surface area contributed by atoms with Crippen molar-refractivity contribution in [2.24, 2.45) is 11.7 Å². The maximum atomic E-state index is 12.7. The van der Waals surface area contributed by atoms with E-state index in [4.69, 9.17) is 5.73 Å². The Morgan fingerprint density at radius 1 is 1.04 bits per heavy atom. The Bertz CT molecular complexity index is 600. The molecule has 0 spiro atoms. The van der Waals surface area contributed by atoms with E-state index in [2.05, 4.69) is 10.3 Å². The molecule has 0 aliphatic heterocycles. The number of rotatable bonds is 4. The lowest BCUT2D eigenvalue weighted by molar-refractivity contribution is -0.126. The minimum atomic E-state index is -0.148. The summed E-state index contributed by atoms with van der Waals surface area (Å²) >= 11 is 0. The minimum absolute atomic E-state index is 0. The quantitative estimate of drug-likeness (QED) is 0.848. The number of nitrogens with one attached hydrogen (secondary N) is 1. The number of pyridine rings is 1. The van der Waals surface area contributed by atoms with Gasteiger partial charge in [-0.25, -0.2) is 0 Å². The van der Waals surface area contributed by atoms with Crippen molar-refractivity contribution < 1.29 is 4.79 Å². The van der Waals surface area contributed by atoms with Gasteiger partial charge in [-0.1, -0.05) is 36.8 Å². The predicted molar refractivity (Wildman–Crippen MR) is 105 cm³/mol. The van der Waals surface area contributed by atoms with Gasteiger partial charge in [0.25, 0.3) is 0 Å². The predicted octanol–water partition coefficient (Wildman–Crippen LogP) is 3.65. The Morgan fingerprint density at radius 3 is 2.32 bits per heavy atom. The van der Waals surface area contributed by atoms with Gasteiger partial charge in [0.05, 0.1) is 6.04 Å². The van der Waals surface area contributed by atoms with E-state index in [1.165, 1.54) is 0 Å². The lowest BCUT2D eigenvalue weighted by atomic mass is 9.85. The van der Waals surface area contributed by atoms with Crippen molar-refractivity contribution in [2.75, 3.05) is 0 Å². The fourth-order valence-corrected chi connectivity index (χ4v) is 3.29. The molecule has 1 aliphatic carbocycles. The van der Waals surface area contributed by atoms with Crippen molar-refractivity contribution in [1.29, 1.82) is 0 Å². The largest absolute Gasteiger partial charge is 0.345 e. The van der Waals surface area contributed by atoms with Crippen LogP contribution in [0.4, 0.5) is 0 Å². The molecular formula is C19H25Cl2N3O. The van der Waals surface area contributed by atoms with Crippen LogP contribution in [0.2, 0.25) is 0 Å². The van der Waals surface area contributed by atoms with Gasteiger partial charge in [-0.05, 0) is 42.5 Å². The zero-order valence-electron chi connectivity index (χ0n) is 14.0. The van der Waals surface area contributed by atoms with Gasteiger partial charge < -0.3 is 11.1 Å². The second kappa shape index (κ2) is 10.4. The number of hydrogen-bond acceptors (Lipinski definition) is 3. The summed E-state index contributed by atoms with van der Waals surface area (Å²) in [6.07, 6.45) is 7.28. The Morgan fingerprint density at radius 2 is 1.68 bits per heavy atom. The number of nitrogens with zero attached hydrogens (tertiary/aromatic N) is 1. The first-order chi connectivity index (χ1) is 11.2. The summed E-state index contributed by atoms with van der Waals surface area (Å²) in [5, 5.41) is 3.22. The van der Waals surface area contributed by atoms with Crippen molar-refractivity contribution in [3.63, 3.8) is 0 Å². The highest BCUT2D eigenvalue weighted by molar-refractivity contribution is 5.85. The van der Waals surface area contributed by atoms with Crippen LogP contribution in [0.1, 0.15) is 42.9 Å². The highest BCUT2D eigenvalue weighted by Gasteiger charge is 2.27. The Labute approximate surface area is 161 Å². The Hall–Kier alpha value is -1.62. The second-order valence-corrected chi connectivity index (χ2v) is 6.26. The van der Waals surface area contributed by atoms with Crippen LogP contribution in [0, 0.1) is 5.92 Å². The van der Waals surface area contributed by atoms with Gasteiger partial charge in [-0.15, -0.1) is 24.8 Å². The lowest BCUT2D eigenvalue weighted by Gasteiger charge is -2.28. The third-order valence-corrected chi connectivity index (χ3v) is 4.54. The second-order valence-electron chi connectivity index (χ2n) is 6.26. The van der Waals surface area contributed by atoms with Gasteiger partial charge in [-0.2, -0.15) is 0 Å². The zero-order valence-corrected chi connectivity index (χ0v) is 15.6. The number of carbonyl (C=O) groups excluding carboxylic acids is 1. The number of halogens is 2. The molecule has 3 unspecified atom stereocenters. The molecule has 1 aromatic heterocycles. The van der Waals surface area contributed by atoms with Crippen LogP contribution in [-0.2, 0) is 4.79 Å². The lowest BCUT2D eigenvalue weighted by Crippen LogP contribution is -2.39. The van der Waals surface area contributed by atoms with Gasteiger partial charge >= 0.3 is 0 Å². The van der Waals surface area contributed by atoms with E-state index in [9.17, 15) is 4.79 Å². The van der Waals surface area contributed by atoms with Crippen LogP contribution in [-0.4, -0.2) is 16.9 Å². The molecule has 4 nitrogen and oxygen atoms in total. The highest BCUT2D eigenvalue weighted by atomic mass is 35.5. The van der Waals surface area contributed by atoms with Crippen LogP contribution < -0.4 is 11.1 Å². The number of amides is 1. The van der Waals surface area contributed by atoms with E-state index in [1.807, 2.05) is 42.5 Å². The van der Waals surface area contributed by atoms with Gasteiger partial charge in [-0.3, -0.25) is 9.78 Å². The Kier molecular flexibility index (Phi) is 8.90. The van der Waals surface area contributed by atoms with Crippen LogP contribution >= 0.6 is 24.8 Å². The van der Waals surface area contributed by atoms with E-state index >= 15 is 0 Å². The van der Waals surface area contributed by atoms with E-state index in [-0.39, 0.29) is 48.7 Å². The molecule has 136 valence electrons. The molecule has 1 fully saturated rings. The molecule has 25 heavy (non-hydrogen) atoms. The summed E-state index contributed by atoms with van der Waals surface area (Å²) in [5.41, 5.74) is 8.15.